The van der Waals surface area contributed by atoms with E-state index in [1.54, 1.807) is 6.07 Å². The summed E-state index contributed by atoms with van der Waals surface area (Å²) in [5, 5.41) is 3.99. The van der Waals surface area contributed by atoms with Crippen LogP contribution >= 0.6 is 39.3 Å². The molecule has 1 aromatic rings. The van der Waals surface area contributed by atoms with Gasteiger partial charge in [-0.15, -0.1) is 0 Å². The van der Waals surface area contributed by atoms with Crippen LogP contribution < -0.4 is 5.32 Å². The predicted molar refractivity (Wildman–Crippen MR) is 84.1 cm³/mol. The quantitative estimate of drug-likeness (QED) is 0.824. The Morgan fingerprint density at radius 3 is 2.74 bits per heavy atom. The lowest BCUT2D eigenvalue weighted by Gasteiger charge is -2.35. The first kappa shape index (κ1) is 15.0. The van der Waals surface area contributed by atoms with Crippen molar-refractivity contribution in [1.29, 1.82) is 0 Å². The highest BCUT2D eigenvalue weighted by atomic mass is 79.9. The number of hydrogen-bond donors (Lipinski definition) is 1. The molecule has 1 saturated heterocycles. The van der Waals surface area contributed by atoms with E-state index in [9.17, 15) is 4.79 Å². The number of ether oxygens (including phenoxy) is 1. The average Bonchev–Trinajstić information content (AvgIpc) is 2.43. The zero-order valence-electron chi connectivity index (χ0n) is 10.5. The van der Waals surface area contributed by atoms with Crippen molar-refractivity contribution in [3.8, 4) is 0 Å². The van der Waals surface area contributed by atoms with Crippen molar-refractivity contribution < 1.29 is 9.53 Å². The van der Waals surface area contributed by atoms with E-state index in [1.807, 2.05) is 23.9 Å². The van der Waals surface area contributed by atoms with Crippen molar-refractivity contribution in [3.63, 3.8) is 0 Å². The molecule has 104 valence electrons. The number of carbonyl (C=O) groups excluding carboxylic acids is 1. The number of rotatable bonds is 3. The Morgan fingerprint density at radius 1 is 1.47 bits per heavy atom. The van der Waals surface area contributed by atoms with Crippen LogP contribution in [-0.4, -0.2) is 30.1 Å². The highest BCUT2D eigenvalue weighted by Crippen LogP contribution is 2.33. The lowest BCUT2D eigenvalue weighted by molar-refractivity contribution is -0.146. The molecule has 6 heteroatoms. The average molecular weight is 365 g/mol. The number of esters is 1. The van der Waals surface area contributed by atoms with E-state index in [0.29, 0.717) is 5.02 Å². The first-order chi connectivity index (χ1) is 9.07. The van der Waals surface area contributed by atoms with Crippen LogP contribution in [0, 0.1) is 0 Å². The molecule has 1 N–H and O–H groups in total. The van der Waals surface area contributed by atoms with Gasteiger partial charge in [-0.25, -0.2) is 4.79 Å². The molecule has 0 aromatic heterocycles. The lowest BCUT2D eigenvalue weighted by Crippen LogP contribution is -2.49. The van der Waals surface area contributed by atoms with Gasteiger partial charge < -0.3 is 10.1 Å². The van der Waals surface area contributed by atoms with Gasteiger partial charge in [0.1, 0.15) is 5.54 Å². The van der Waals surface area contributed by atoms with Gasteiger partial charge in [0, 0.05) is 10.2 Å². The number of thioether (sulfide) groups is 1. The number of anilines is 1. The second kappa shape index (κ2) is 6.37. The minimum Gasteiger partial charge on any atom is -0.467 e. The molecule has 0 saturated carbocycles. The fourth-order valence-corrected chi connectivity index (χ4v) is 3.83. The van der Waals surface area contributed by atoms with Gasteiger partial charge in [0.2, 0.25) is 0 Å². The number of hydrogen-bond acceptors (Lipinski definition) is 4. The van der Waals surface area contributed by atoms with E-state index in [-0.39, 0.29) is 5.97 Å². The zero-order chi connectivity index (χ0) is 13.9. The van der Waals surface area contributed by atoms with Crippen LogP contribution in [0.3, 0.4) is 0 Å². The van der Waals surface area contributed by atoms with Gasteiger partial charge in [-0.1, -0.05) is 11.6 Å². The fourth-order valence-electron chi connectivity index (χ4n) is 2.15. The Balaban J connectivity index is 2.24. The van der Waals surface area contributed by atoms with Crippen LogP contribution in [0.2, 0.25) is 5.02 Å². The third-order valence-electron chi connectivity index (χ3n) is 3.23. The molecule has 0 radical (unpaired) electrons. The summed E-state index contributed by atoms with van der Waals surface area (Å²) in [5.74, 6) is 1.71. The molecule has 0 unspecified atom stereocenters. The summed E-state index contributed by atoms with van der Waals surface area (Å²) in [4.78, 5) is 12.1. The molecule has 1 aliphatic rings. The second-order valence-electron chi connectivity index (χ2n) is 4.44. The second-order valence-corrected chi connectivity index (χ2v) is 6.93. The first-order valence-corrected chi connectivity index (χ1v) is 8.29. The molecule has 0 atom stereocenters. The van der Waals surface area contributed by atoms with Crippen LogP contribution in [0.15, 0.2) is 22.7 Å². The van der Waals surface area contributed by atoms with E-state index in [1.165, 1.54) is 7.11 Å². The van der Waals surface area contributed by atoms with Gasteiger partial charge >= 0.3 is 5.97 Å². The van der Waals surface area contributed by atoms with E-state index in [0.717, 1.165) is 34.5 Å². The van der Waals surface area contributed by atoms with Crippen molar-refractivity contribution in [1.82, 2.24) is 0 Å². The van der Waals surface area contributed by atoms with Crippen molar-refractivity contribution in [2.45, 2.75) is 18.4 Å². The molecule has 0 bridgehead atoms. The van der Waals surface area contributed by atoms with E-state index >= 15 is 0 Å². The monoisotopic (exact) mass is 363 g/mol. The van der Waals surface area contributed by atoms with Gasteiger partial charge in [-0.05, 0) is 58.5 Å². The molecule has 0 amide bonds. The van der Waals surface area contributed by atoms with Crippen molar-refractivity contribution in [2.24, 2.45) is 0 Å². The van der Waals surface area contributed by atoms with Crippen LogP contribution in [0.4, 0.5) is 5.69 Å². The first-order valence-electron chi connectivity index (χ1n) is 5.97. The topological polar surface area (TPSA) is 38.3 Å². The molecule has 0 aliphatic carbocycles. The Labute approximate surface area is 130 Å². The third kappa shape index (κ3) is 3.38. The summed E-state index contributed by atoms with van der Waals surface area (Å²) in [6.07, 6.45) is 1.54. The Hall–Kier alpha value is -0.390. The number of halogens is 2. The largest absolute Gasteiger partial charge is 0.467 e. The highest BCUT2D eigenvalue weighted by Gasteiger charge is 2.40. The number of nitrogens with one attached hydrogen (secondary N) is 1. The minimum absolute atomic E-state index is 0.195. The SMILES string of the molecule is COC(=O)C1(Nc2ccc(Cl)c(Br)c2)CCSCC1. The predicted octanol–water partition coefficient (Wildman–Crippen LogP) is 3.95. The third-order valence-corrected chi connectivity index (χ3v) is 5.43. The van der Waals surface area contributed by atoms with Gasteiger partial charge in [0.25, 0.3) is 0 Å². The van der Waals surface area contributed by atoms with Crippen molar-refractivity contribution in [3.05, 3.63) is 27.7 Å². The van der Waals surface area contributed by atoms with Gasteiger partial charge in [0.15, 0.2) is 0 Å². The van der Waals surface area contributed by atoms with E-state index < -0.39 is 5.54 Å². The van der Waals surface area contributed by atoms with Crippen molar-refractivity contribution >= 4 is 50.9 Å². The molecular formula is C13H15BrClNO2S. The number of carbonyl (C=O) groups is 1. The molecule has 1 aromatic carbocycles. The molecular weight excluding hydrogens is 350 g/mol. The molecule has 1 fully saturated rings. The van der Waals surface area contributed by atoms with Crippen LogP contribution in [-0.2, 0) is 9.53 Å². The molecule has 1 heterocycles. The molecule has 3 nitrogen and oxygen atoms in total. The van der Waals surface area contributed by atoms with E-state index in [2.05, 4.69) is 21.2 Å². The smallest absolute Gasteiger partial charge is 0.331 e. The maximum Gasteiger partial charge on any atom is 0.331 e. The van der Waals surface area contributed by atoms with Gasteiger partial charge in [-0.3, -0.25) is 0 Å². The fraction of sp³-hybridized carbons (Fsp3) is 0.462. The number of methoxy groups -OCH3 is 1. The van der Waals surface area contributed by atoms with Gasteiger partial charge in [0.05, 0.1) is 12.1 Å². The number of benzene rings is 1. The summed E-state index contributed by atoms with van der Waals surface area (Å²) >= 11 is 11.2. The summed E-state index contributed by atoms with van der Waals surface area (Å²) in [5.41, 5.74) is 0.251. The lowest BCUT2D eigenvalue weighted by atomic mass is 9.92. The van der Waals surface area contributed by atoms with Crippen LogP contribution in [0.25, 0.3) is 0 Å². The van der Waals surface area contributed by atoms with Crippen LogP contribution in [0.1, 0.15) is 12.8 Å². The van der Waals surface area contributed by atoms with Crippen molar-refractivity contribution in [2.75, 3.05) is 23.9 Å². The normalized spacial score (nSPS) is 17.8. The maximum absolute atomic E-state index is 12.1. The minimum atomic E-state index is -0.618. The molecule has 0 spiro atoms. The van der Waals surface area contributed by atoms with Crippen LogP contribution in [0.5, 0.6) is 0 Å². The summed E-state index contributed by atoms with van der Waals surface area (Å²) in [7, 11) is 1.44. The summed E-state index contributed by atoms with van der Waals surface area (Å²) in [6.45, 7) is 0. The molecule has 1 aliphatic heterocycles. The van der Waals surface area contributed by atoms with Gasteiger partial charge in [-0.2, -0.15) is 11.8 Å². The Bertz CT molecular complexity index is 478. The summed E-state index contributed by atoms with van der Waals surface area (Å²) < 4.78 is 5.78. The van der Waals surface area contributed by atoms with E-state index in [4.69, 9.17) is 16.3 Å². The standard InChI is InChI=1S/C13H15BrClNO2S/c1-18-12(17)13(4-6-19-7-5-13)16-9-2-3-11(15)10(14)8-9/h2-3,8,16H,4-7H2,1H3. The maximum atomic E-state index is 12.1. The molecule has 2 rings (SSSR count). The Kier molecular flexibility index (Phi) is 5.03. The Morgan fingerprint density at radius 2 is 2.16 bits per heavy atom. The zero-order valence-corrected chi connectivity index (χ0v) is 13.7. The molecule has 19 heavy (non-hydrogen) atoms. The highest BCUT2D eigenvalue weighted by molar-refractivity contribution is 9.10. The summed E-state index contributed by atoms with van der Waals surface area (Å²) in [6, 6.07) is 5.56.